The van der Waals surface area contributed by atoms with Crippen molar-refractivity contribution in [2.45, 2.75) is 33.2 Å². The number of ketones is 1. The van der Waals surface area contributed by atoms with Crippen molar-refractivity contribution in [2.75, 3.05) is 57.2 Å². The molecule has 0 aromatic rings. The van der Waals surface area contributed by atoms with Gasteiger partial charge in [-0.25, -0.2) is 0 Å². The molecule has 2 amide bonds. The minimum absolute atomic E-state index is 0.00263. The van der Waals surface area contributed by atoms with Gasteiger partial charge in [0.25, 0.3) is 0 Å². The molecule has 9 nitrogen and oxygen atoms in total. The molecule has 170 valence electrons. The van der Waals surface area contributed by atoms with Crippen LogP contribution < -0.4 is 16.4 Å². The summed E-state index contributed by atoms with van der Waals surface area (Å²) < 4.78 is 16.5. The highest BCUT2D eigenvalue weighted by Crippen LogP contribution is 2.16. The summed E-state index contributed by atoms with van der Waals surface area (Å²) >= 11 is 2.00. The molecular weight excluding hydrogens is 493 g/mol. The number of nitrogens with two attached hydrogens (primary N) is 1. The van der Waals surface area contributed by atoms with Gasteiger partial charge >= 0.3 is 0 Å². The van der Waals surface area contributed by atoms with Gasteiger partial charge in [0.15, 0.2) is 0 Å². The van der Waals surface area contributed by atoms with Crippen molar-refractivity contribution < 1.29 is 28.6 Å². The second-order valence-electron chi connectivity index (χ2n) is 6.92. The lowest BCUT2D eigenvalue weighted by Gasteiger charge is -2.20. The number of ether oxygens (including phenoxy) is 3. The zero-order valence-electron chi connectivity index (χ0n) is 17.7. The molecule has 0 saturated heterocycles. The fourth-order valence-corrected chi connectivity index (χ4v) is 2.53. The van der Waals surface area contributed by atoms with Crippen LogP contribution in [0.25, 0.3) is 0 Å². The van der Waals surface area contributed by atoms with E-state index in [1.807, 2.05) is 36.4 Å². The van der Waals surface area contributed by atoms with E-state index in [2.05, 4.69) is 10.6 Å². The van der Waals surface area contributed by atoms with Gasteiger partial charge in [0.05, 0.1) is 50.1 Å². The summed E-state index contributed by atoms with van der Waals surface area (Å²) in [6.07, 6.45) is 0.155. The van der Waals surface area contributed by atoms with E-state index >= 15 is 0 Å². The molecule has 0 rings (SSSR count). The minimum Gasteiger partial charge on any atom is -0.377 e. The molecule has 0 aliphatic heterocycles. The molecule has 0 aromatic carbocycles. The van der Waals surface area contributed by atoms with Crippen molar-refractivity contribution in [2.24, 2.45) is 17.6 Å². The van der Waals surface area contributed by atoms with Crippen molar-refractivity contribution in [3.63, 3.8) is 0 Å². The van der Waals surface area contributed by atoms with Crippen LogP contribution in [0.2, 0.25) is 0 Å². The van der Waals surface area contributed by atoms with E-state index in [1.54, 1.807) is 6.92 Å². The quantitative estimate of drug-likeness (QED) is 0.132. The maximum absolute atomic E-state index is 12.3. The average Bonchev–Trinajstić information content (AvgIpc) is 2.68. The molecule has 0 aliphatic carbocycles. The number of hydrogen-bond acceptors (Lipinski definition) is 7. The maximum atomic E-state index is 12.3. The van der Waals surface area contributed by atoms with E-state index in [4.69, 9.17) is 19.9 Å². The number of alkyl halides is 1. The minimum atomic E-state index is -0.556. The number of rotatable bonds is 18. The second kappa shape index (κ2) is 18.0. The molecule has 0 aromatic heterocycles. The van der Waals surface area contributed by atoms with Gasteiger partial charge in [-0.3, -0.25) is 14.4 Å². The van der Waals surface area contributed by atoms with Crippen LogP contribution in [0.15, 0.2) is 0 Å². The Hall–Kier alpha value is -0.820. The number of carbonyl (C=O) groups is 3. The Morgan fingerprint density at radius 3 is 1.79 bits per heavy atom. The monoisotopic (exact) mass is 529 g/mol. The van der Waals surface area contributed by atoms with E-state index in [9.17, 15) is 14.4 Å². The predicted molar refractivity (Wildman–Crippen MR) is 119 cm³/mol. The van der Waals surface area contributed by atoms with Crippen LogP contribution in [-0.2, 0) is 28.6 Å². The summed E-state index contributed by atoms with van der Waals surface area (Å²) in [4.78, 5) is 35.1. The smallest absolute Gasteiger partial charge is 0.229 e. The Morgan fingerprint density at radius 1 is 0.862 bits per heavy atom. The van der Waals surface area contributed by atoms with Gasteiger partial charge in [0, 0.05) is 25.4 Å². The third-order valence-electron chi connectivity index (χ3n) is 4.05. The molecule has 0 saturated carbocycles. The van der Waals surface area contributed by atoms with Crippen molar-refractivity contribution in [3.05, 3.63) is 0 Å². The average molecular weight is 529 g/mol. The van der Waals surface area contributed by atoms with E-state index in [0.29, 0.717) is 57.2 Å². The van der Waals surface area contributed by atoms with Gasteiger partial charge in [-0.1, -0.05) is 36.4 Å². The molecule has 2 atom stereocenters. The Kier molecular flexibility index (Phi) is 17.5. The number of hydrogen-bond donors (Lipinski definition) is 3. The molecule has 4 N–H and O–H groups in total. The molecule has 0 unspecified atom stereocenters. The molecule has 0 radical (unpaired) electrons. The number of carbonyl (C=O) groups excluding carboxylic acids is 3. The van der Waals surface area contributed by atoms with Crippen LogP contribution in [0, 0.1) is 11.8 Å². The summed E-state index contributed by atoms with van der Waals surface area (Å²) in [5.41, 5.74) is 5.58. The molecule has 0 spiro atoms. The van der Waals surface area contributed by atoms with Crippen molar-refractivity contribution >= 4 is 40.2 Å². The van der Waals surface area contributed by atoms with Crippen LogP contribution >= 0.6 is 22.6 Å². The lowest BCUT2D eigenvalue weighted by Crippen LogP contribution is -2.39. The maximum Gasteiger partial charge on any atom is 0.229 e. The van der Waals surface area contributed by atoms with Crippen molar-refractivity contribution in [1.29, 1.82) is 0 Å². The first-order valence-corrected chi connectivity index (χ1v) is 11.4. The summed E-state index contributed by atoms with van der Waals surface area (Å²) in [7, 11) is 0. The largest absolute Gasteiger partial charge is 0.377 e. The first-order chi connectivity index (χ1) is 13.8. The van der Waals surface area contributed by atoms with Crippen LogP contribution in [-0.4, -0.2) is 80.8 Å². The highest BCUT2D eigenvalue weighted by Gasteiger charge is 2.25. The Bertz CT molecular complexity index is 477. The van der Waals surface area contributed by atoms with Crippen molar-refractivity contribution in [1.82, 2.24) is 10.6 Å². The topological polar surface area (TPSA) is 129 Å². The molecule has 29 heavy (non-hydrogen) atoms. The fraction of sp³-hybridized carbons (Fsp3) is 0.842. The number of halogens is 1. The zero-order chi connectivity index (χ0) is 22.1. The molecule has 0 fully saturated rings. The number of Topliss-reactive ketones (excluding diaryl/α,β-unsaturated/α-hetero) is 1. The molecule has 10 heteroatoms. The number of amides is 2. The van der Waals surface area contributed by atoms with Crippen LogP contribution in [0.1, 0.15) is 27.2 Å². The van der Waals surface area contributed by atoms with Gasteiger partial charge in [-0.15, -0.1) is 0 Å². The van der Waals surface area contributed by atoms with Crippen molar-refractivity contribution in [3.8, 4) is 0 Å². The van der Waals surface area contributed by atoms with Gasteiger partial charge in [0.1, 0.15) is 5.78 Å². The van der Waals surface area contributed by atoms with Gasteiger partial charge in [0.2, 0.25) is 11.8 Å². The summed E-state index contributed by atoms with van der Waals surface area (Å²) in [5.74, 6) is -0.594. The van der Waals surface area contributed by atoms with E-state index < -0.39 is 6.04 Å². The highest BCUT2D eigenvalue weighted by molar-refractivity contribution is 14.1. The summed E-state index contributed by atoms with van der Waals surface area (Å²) in [5, 5.41) is 5.52. The summed E-state index contributed by atoms with van der Waals surface area (Å²) in [6.45, 7) is 8.90. The van der Waals surface area contributed by atoms with Gasteiger partial charge in [-0.05, 0) is 12.8 Å². The normalized spacial score (nSPS) is 13.2. The van der Waals surface area contributed by atoms with E-state index in [1.165, 1.54) is 0 Å². The Balaban J connectivity index is 3.62. The predicted octanol–water partition coefficient (Wildman–Crippen LogP) is 0.282. The molecule has 0 aliphatic rings. The first-order valence-electron chi connectivity index (χ1n) is 9.91. The molecule has 0 bridgehead atoms. The third-order valence-corrected chi connectivity index (χ3v) is 4.74. The van der Waals surface area contributed by atoms with Crippen LogP contribution in [0.3, 0.4) is 0 Å². The summed E-state index contributed by atoms with van der Waals surface area (Å²) in [6, 6.07) is -0.556. The van der Waals surface area contributed by atoms with Gasteiger partial charge < -0.3 is 30.6 Å². The molecular formula is C19H36IN3O6. The number of nitrogens with one attached hydrogen (secondary N) is 2. The van der Waals surface area contributed by atoms with Crippen LogP contribution in [0.5, 0.6) is 0 Å². The second-order valence-corrected chi connectivity index (χ2v) is 7.68. The third kappa shape index (κ3) is 15.7. The Labute approximate surface area is 187 Å². The highest BCUT2D eigenvalue weighted by atomic mass is 127. The van der Waals surface area contributed by atoms with E-state index in [-0.39, 0.29) is 35.9 Å². The van der Waals surface area contributed by atoms with E-state index in [0.717, 1.165) is 0 Å². The lowest BCUT2D eigenvalue weighted by atomic mass is 9.88. The van der Waals surface area contributed by atoms with Crippen LogP contribution in [0.4, 0.5) is 0 Å². The first kappa shape index (κ1) is 28.2. The van der Waals surface area contributed by atoms with Gasteiger partial charge in [-0.2, -0.15) is 0 Å². The molecule has 0 heterocycles. The SMILES string of the molecule is CC(C)[C@@H](CC(=O)[C@@H](C)N)C(=O)NCCOCCOCCOCCNC(=O)CI. The Morgan fingerprint density at radius 2 is 1.34 bits per heavy atom. The fourth-order valence-electron chi connectivity index (χ4n) is 2.26. The standard InChI is InChI=1S/C19H36IN3O6/c1-14(2)16(12-17(24)15(3)21)19(26)23-5-7-28-9-11-29-10-8-27-6-4-22-18(25)13-20/h14-16H,4-13,21H2,1-3H3,(H,22,25)(H,23,26)/t15-,16-/m1/s1. The zero-order valence-corrected chi connectivity index (χ0v) is 19.9. The lowest BCUT2D eigenvalue weighted by molar-refractivity contribution is -0.131.